The monoisotopic (exact) mass is 460 g/mol. The third kappa shape index (κ3) is 7.08. The molecule has 0 atom stereocenters. The second kappa shape index (κ2) is 11.6. The Labute approximate surface area is 172 Å². The van der Waals surface area contributed by atoms with E-state index < -0.39 is 19.0 Å². The van der Waals surface area contributed by atoms with Crippen LogP contribution < -0.4 is 20.1 Å². The van der Waals surface area contributed by atoms with E-state index in [0.29, 0.717) is 37.7 Å². The van der Waals surface area contributed by atoms with Crippen LogP contribution >= 0.6 is 15.9 Å². The van der Waals surface area contributed by atoms with Crippen LogP contribution in [0.4, 0.5) is 9.59 Å². The van der Waals surface area contributed by atoms with Crippen LogP contribution in [-0.2, 0) is 20.6 Å². The minimum Gasteiger partial charge on any atom is -0.496 e. The molecule has 0 radical (unpaired) electrons. The Balaban J connectivity index is 1.66. The first-order valence-corrected chi connectivity index (χ1v) is 9.64. The van der Waals surface area contributed by atoms with E-state index in [2.05, 4.69) is 26.6 Å². The number of alkyl carbamates (subject to hydrolysis) is 2. The molecule has 156 valence electrons. The molecule has 0 spiro atoms. The van der Waals surface area contributed by atoms with Crippen LogP contribution in [0, 0.1) is 0 Å². The molecule has 1 saturated heterocycles. The number of carbonyl (C=O) groups excluding carboxylic acids is 2. The summed E-state index contributed by atoms with van der Waals surface area (Å²) < 4.78 is 26.3. The molecule has 0 bridgehead atoms. The molecule has 1 fully saturated rings. The summed E-state index contributed by atoms with van der Waals surface area (Å²) in [4.78, 5) is 23.3. The van der Waals surface area contributed by atoms with Crippen LogP contribution in [0.1, 0.15) is 18.4 Å². The summed E-state index contributed by atoms with van der Waals surface area (Å²) >= 11 is 3.40. The lowest BCUT2D eigenvalue weighted by Gasteiger charge is -2.22. The van der Waals surface area contributed by atoms with Gasteiger partial charge in [-0.3, -0.25) is 0 Å². The summed E-state index contributed by atoms with van der Waals surface area (Å²) in [6.45, 7) is 1.07. The van der Waals surface area contributed by atoms with Crippen molar-refractivity contribution in [3.8, 4) is 11.5 Å². The molecule has 9 nitrogen and oxygen atoms in total. The molecule has 0 saturated carbocycles. The van der Waals surface area contributed by atoms with Gasteiger partial charge >= 0.3 is 12.2 Å². The maximum Gasteiger partial charge on any atom is 0.410 e. The number of nitrogens with one attached hydrogen (secondary N) is 2. The topological polar surface area (TPSA) is 104 Å². The molecule has 28 heavy (non-hydrogen) atoms. The number of methoxy groups -OCH3 is 2. The summed E-state index contributed by atoms with van der Waals surface area (Å²) in [7, 11) is 3.15. The third-order valence-electron chi connectivity index (χ3n) is 4.14. The average molecular weight is 461 g/mol. The van der Waals surface area contributed by atoms with E-state index in [9.17, 15) is 9.59 Å². The van der Waals surface area contributed by atoms with Gasteiger partial charge in [0, 0.05) is 25.8 Å². The summed E-state index contributed by atoms with van der Waals surface area (Å²) in [6, 6.07) is 3.66. The highest BCUT2D eigenvalue weighted by molar-refractivity contribution is 9.10. The van der Waals surface area contributed by atoms with Crippen molar-refractivity contribution in [2.75, 3.05) is 40.8 Å². The Kier molecular flexibility index (Phi) is 9.15. The van der Waals surface area contributed by atoms with Gasteiger partial charge in [-0.1, -0.05) is 0 Å². The maximum absolute atomic E-state index is 11.7. The zero-order valence-corrected chi connectivity index (χ0v) is 17.5. The molecule has 1 aromatic carbocycles. The molecular formula is C18H25BrN2O7. The molecule has 1 aliphatic rings. The van der Waals surface area contributed by atoms with E-state index in [0.717, 1.165) is 22.9 Å². The Morgan fingerprint density at radius 3 is 2.46 bits per heavy atom. The van der Waals surface area contributed by atoms with Gasteiger partial charge in [-0.25, -0.2) is 9.59 Å². The molecule has 0 aliphatic carbocycles. The average Bonchev–Trinajstić information content (AvgIpc) is 2.69. The van der Waals surface area contributed by atoms with Gasteiger partial charge in [0.2, 0.25) is 6.79 Å². The minimum absolute atomic E-state index is 0.0213. The lowest BCUT2D eigenvalue weighted by atomic mass is 10.1. The summed E-state index contributed by atoms with van der Waals surface area (Å²) in [6.07, 6.45) is 0.683. The molecule has 2 N–H and O–H groups in total. The highest BCUT2D eigenvalue weighted by atomic mass is 79.9. The number of halogens is 1. The minimum atomic E-state index is -0.679. The van der Waals surface area contributed by atoms with Crippen molar-refractivity contribution in [3.63, 3.8) is 0 Å². The second-order valence-electron chi connectivity index (χ2n) is 5.99. The highest BCUT2D eigenvalue weighted by Gasteiger charge is 2.17. The van der Waals surface area contributed by atoms with Crippen molar-refractivity contribution in [1.82, 2.24) is 10.6 Å². The van der Waals surface area contributed by atoms with Crippen molar-refractivity contribution in [1.29, 1.82) is 0 Å². The fourth-order valence-electron chi connectivity index (χ4n) is 2.66. The van der Waals surface area contributed by atoms with Crippen LogP contribution in [0.25, 0.3) is 0 Å². The zero-order valence-electron chi connectivity index (χ0n) is 15.9. The van der Waals surface area contributed by atoms with E-state index >= 15 is 0 Å². The zero-order chi connectivity index (χ0) is 20.4. The smallest absolute Gasteiger partial charge is 0.410 e. The van der Waals surface area contributed by atoms with Crippen molar-refractivity contribution < 1.29 is 33.3 Å². The van der Waals surface area contributed by atoms with Gasteiger partial charge in [0.25, 0.3) is 0 Å². The Morgan fingerprint density at radius 2 is 1.79 bits per heavy atom. The molecule has 2 rings (SSSR count). The standard InChI is InChI=1S/C18H25BrN2O7/c1-24-15-10-14(19)16(25-2)9-12(15)3-6-20-17(22)27-11-28-18(23)21-13-4-7-26-8-5-13/h9-10,13H,3-8,11H2,1-2H3,(H,20,22)(H,21,23). The first-order valence-electron chi connectivity index (χ1n) is 8.85. The highest BCUT2D eigenvalue weighted by Crippen LogP contribution is 2.32. The van der Waals surface area contributed by atoms with Gasteiger partial charge < -0.3 is 34.3 Å². The maximum atomic E-state index is 11.7. The van der Waals surface area contributed by atoms with E-state index in [4.69, 9.17) is 23.7 Å². The largest absolute Gasteiger partial charge is 0.496 e. The van der Waals surface area contributed by atoms with Crippen molar-refractivity contribution >= 4 is 28.1 Å². The van der Waals surface area contributed by atoms with Crippen LogP contribution in [0.2, 0.25) is 0 Å². The molecule has 10 heteroatoms. The fraction of sp³-hybridized carbons (Fsp3) is 0.556. The normalized spacial score (nSPS) is 14.1. The fourth-order valence-corrected chi connectivity index (χ4v) is 3.14. The predicted octanol–water partition coefficient (Wildman–Crippen LogP) is 2.60. The summed E-state index contributed by atoms with van der Waals surface area (Å²) in [5.41, 5.74) is 0.870. The predicted molar refractivity (Wildman–Crippen MR) is 104 cm³/mol. The van der Waals surface area contributed by atoms with Crippen LogP contribution in [0.5, 0.6) is 11.5 Å². The lowest BCUT2D eigenvalue weighted by Crippen LogP contribution is -2.39. The Bertz CT molecular complexity index is 666. The van der Waals surface area contributed by atoms with E-state index in [1.165, 1.54) is 0 Å². The summed E-state index contributed by atoms with van der Waals surface area (Å²) in [5, 5.41) is 5.29. The van der Waals surface area contributed by atoms with Gasteiger partial charge in [0.15, 0.2) is 0 Å². The van der Waals surface area contributed by atoms with Crippen molar-refractivity contribution in [2.24, 2.45) is 0 Å². The number of benzene rings is 1. The number of hydrogen-bond acceptors (Lipinski definition) is 7. The van der Waals surface area contributed by atoms with Crippen LogP contribution in [0.3, 0.4) is 0 Å². The van der Waals surface area contributed by atoms with Gasteiger partial charge in [-0.05, 0) is 52.9 Å². The quantitative estimate of drug-likeness (QED) is 0.574. The van der Waals surface area contributed by atoms with Crippen LogP contribution in [0.15, 0.2) is 16.6 Å². The molecule has 0 aromatic heterocycles. The van der Waals surface area contributed by atoms with E-state index in [1.807, 2.05) is 6.07 Å². The Hall–Kier alpha value is -2.20. The number of amides is 2. The molecule has 1 heterocycles. The van der Waals surface area contributed by atoms with Crippen molar-refractivity contribution in [3.05, 3.63) is 22.2 Å². The summed E-state index contributed by atoms with van der Waals surface area (Å²) in [5.74, 6) is 1.35. The third-order valence-corrected chi connectivity index (χ3v) is 4.76. The van der Waals surface area contributed by atoms with Gasteiger partial charge in [0.05, 0.1) is 18.7 Å². The number of ether oxygens (including phenoxy) is 5. The molecule has 1 aliphatic heterocycles. The molecular weight excluding hydrogens is 436 g/mol. The molecule has 1 aromatic rings. The molecule has 2 amide bonds. The van der Waals surface area contributed by atoms with E-state index in [-0.39, 0.29) is 6.04 Å². The van der Waals surface area contributed by atoms with Crippen LogP contribution in [-0.4, -0.2) is 59.0 Å². The lowest BCUT2D eigenvalue weighted by molar-refractivity contribution is 0.0193. The number of carbonyl (C=O) groups is 2. The van der Waals surface area contributed by atoms with E-state index in [1.54, 1.807) is 20.3 Å². The SMILES string of the molecule is COc1cc(CCNC(=O)OCOC(=O)NC2CCOCC2)c(OC)cc1Br. The first-order chi connectivity index (χ1) is 13.5. The van der Waals surface area contributed by atoms with Gasteiger partial charge in [0.1, 0.15) is 11.5 Å². The van der Waals surface area contributed by atoms with Gasteiger partial charge in [-0.15, -0.1) is 0 Å². The first kappa shape index (κ1) is 22.1. The number of rotatable bonds is 8. The second-order valence-corrected chi connectivity index (χ2v) is 6.84. The van der Waals surface area contributed by atoms with Gasteiger partial charge in [-0.2, -0.15) is 0 Å². The van der Waals surface area contributed by atoms with Crippen molar-refractivity contribution in [2.45, 2.75) is 25.3 Å². The molecule has 0 unspecified atom stereocenters. The number of hydrogen-bond donors (Lipinski definition) is 2. The Morgan fingerprint density at radius 1 is 1.11 bits per heavy atom.